The van der Waals surface area contributed by atoms with Crippen molar-refractivity contribution in [3.63, 3.8) is 0 Å². The van der Waals surface area contributed by atoms with E-state index in [4.69, 9.17) is 23.2 Å². The summed E-state index contributed by atoms with van der Waals surface area (Å²) in [5.41, 5.74) is 0. The molecule has 14 heavy (non-hydrogen) atoms. The molecule has 0 fully saturated rings. The highest BCUT2D eigenvalue weighted by molar-refractivity contribution is 7.99. The fourth-order valence-electron chi connectivity index (χ4n) is 0.984. The molecular formula is C10H12Cl2S2. The highest BCUT2D eigenvalue weighted by Gasteiger charge is 2.01. The first-order chi connectivity index (χ1) is 6.74. The highest BCUT2D eigenvalue weighted by Crippen LogP contribution is 2.30. The lowest BCUT2D eigenvalue weighted by molar-refractivity contribution is 0.910. The SMILES string of the molecule is SCCCCSc1cc(Cl)ccc1Cl. The van der Waals surface area contributed by atoms with Gasteiger partial charge in [0, 0.05) is 9.92 Å². The number of benzene rings is 1. The van der Waals surface area contributed by atoms with Gasteiger partial charge in [0.2, 0.25) is 0 Å². The molecule has 0 bridgehead atoms. The van der Waals surface area contributed by atoms with E-state index in [1.807, 2.05) is 18.2 Å². The minimum atomic E-state index is 0.742. The third-order valence-electron chi connectivity index (χ3n) is 1.70. The molecule has 0 aromatic heterocycles. The molecule has 4 heteroatoms. The Hall–Kier alpha value is 0.500. The Morgan fingerprint density at radius 1 is 1.21 bits per heavy atom. The van der Waals surface area contributed by atoms with Gasteiger partial charge < -0.3 is 0 Å². The van der Waals surface area contributed by atoms with Gasteiger partial charge in [-0.25, -0.2) is 0 Å². The Balaban J connectivity index is 2.45. The van der Waals surface area contributed by atoms with E-state index in [0.29, 0.717) is 0 Å². The van der Waals surface area contributed by atoms with E-state index in [1.165, 1.54) is 0 Å². The molecule has 0 atom stereocenters. The molecular weight excluding hydrogens is 255 g/mol. The Morgan fingerprint density at radius 3 is 2.71 bits per heavy atom. The molecule has 1 rings (SSSR count). The zero-order valence-corrected chi connectivity index (χ0v) is 10.9. The summed E-state index contributed by atoms with van der Waals surface area (Å²) in [5.74, 6) is 2.02. The van der Waals surface area contributed by atoms with Gasteiger partial charge >= 0.3 is 0 Å². The Bertz CT molecular complexity index is 289. The Kier molecular flexibility index (Phi) is 6.18. The molecule has 0 spiro atoms. The van der Waals surface area contributed by atoms with E-state index >= 15 is 0 Å². The molecule has 0 amide bonds. The summed E-state index contributed by atoms with van der Waals surface area (Å²) in [7, 11) is 0. The summed E-state index contributed by atoms with van der Waals surface area (Å²) in [4.78, 5) is 1.07. The number of thioether (sulfide) groups is 1. The lowest BCUT2D eigenvalue weighted by Gasteiger charge is -2.03. The van der Waals surface area contributed by atoms with E-state index in [9.17, 15) is 0 Å². The van der Waals surface area contributed by atoms with E-state index in [-0.39, 0.29) is 0 Å². The number of unbranched alkanes of at least 4 members (excludes halogenated alkanes) is 1. The summed E-state index contributed by atoms with van der Waals surface area (Å²) in [6, 6.07) is 5.56. The maximum Gasteiger partial charge on any atom is 0.0542 e. The zero-order chi connectivity index (χ0) is 10.4. The van der Waals surface area contributed by atoms with Crippen LogP contribution in [0.2, 0.25) is 10.0 Å². The minimum Gasteiger partial charge on any atom is -0.179 e. The van der Waals surface area contributed by atoms with Crippen molar-refractivity contribution < 1.29 is 0 Å². The van der Waals surface area contributed by atoms with Crippen LogP contribution in [0, 0.1) is 0 Å². The van der Waals surface area contributed by atoms with Crippen molar-refractivity contribution in [2.45, 2.75) is 17.7 Å². The Morgan fingerprint density at radius 2 is 2.00 bits per heavy atom. The number of halogens is 2. The molecule has 1 aromatic rings. The summed E-state index contributed by atoms with van der Waals surface area (Å²) in [6.07, 6.45) is 2.31. The van der Waals surface area contributed by atoms with Crippen LogP contribution < -0.4 is 0 Å². The number of thiol groups is 1. The van der Waals surface area contributed by atoms with Crippen molar-refractivity contribution in [3.8, 4) is 0 Å². The molecule has 0 heterocycles. The maximum absolute atomic E-state index is 6.01. The van der Waals surface area contributed by atoms with Gasteiger partial charge in [0.15, 0.2) is 0 Å². The third kappa shape index (κ3) is 4.35. The number of hydrogen-bond donors (Lipinski definition) is 1. The van der Waals surface area contributed by atoms with Crippen LogP contribution in [0.15, 0.2) is 23.1 Å². The van der Waals surface area contributed by atoms with E-state index in [2.05, 4.69) is 12.6 Å². The van der Waals surface area contributed by atoms with Gasteiger partial charge in [0.05, 0.1) is 5.02 Å². The summed E-state index contributed by atoms with van der Waals surface area (Å²) in [6.45, 7) is 0. The zero-order valence-electron chi connectivity index (χ0n) is 7.67. The Labute approximate surface area is 105 Å². The maximum atomic E-state index is 6.01. The molecule has 0 saturated heterocycles. The first-order valence-corrected chi connectivity index (χ1v) is 6.80. The van der Waals surface area contributed by atoms with Crippen molar-refractivity contribution in [1.29, 1.82) is 0 Å². The largest absolute Gasteiger partial charge is 0.179 e. The van der Waals surface area contributed by atoms with Gasteiger partial charge in [-0.1, -0.05) is 23.2 Å². The first-order valence-electron chi connectivity index (χ1n) is 4.43. The van der Waals surface area contributed by atoms with Crippen LogP contribution in [0.3, 0.4) is 0 Å². The smallest absolute Gasteiger partial charge is 0.0542 e. The van der Waals surface area contributed by atoms with Crippen LogP contribution in [0.5, 0.6) is 0 Å². The van der Waals surface area contributed by atoms with Gasteiger partial charge in [-0.3, -0.25) is 0 Å². The lowest BCUT2D eigenvalue weighted by Crippen LogP contribution is -1.82. The molecule has 1 aromatic carbocycles. The molecule has 0 radical (unpaired) electrons. The molecule has 78 valence electrons. The standard InChI is InChI=1S/C10H12Cl2S2/c11-8-3-4-9(12)10(7-8)14-6-2-1-5-13/h3-4,7,13H,1-2,5-6H2. The van der Waals surface area contributed by atoms with Crippen molar-refractivity contribution in [2.24, 2.45) is 0 Å². The molecule has 0 saturated carbocycles. The van der Waals surface area contributed by atoms with Gasteiger partial charge in [0.1, 0.15) is 0 Å². The van der Waals surface area contributed by atoms with Crippen LogP contribution in [-0.4, -0.2) is 11.5 Å². The van der Waals surface area contributed by atoms with Crippen LogP contribution >= 0.6 is 47.6 Å². The van der Waals surface area contributed by atoms with E-state index in [0.717, 1.165) is 39.3 Å². The van der Waals surface area contributed by atoms with Gasteiger partial charge in [-0.05, 0) is 42.5 Å². The predicted octanol–water partition coefficient (Wildman–Crippen LogP) is 4.80. The first kappa shape index (κ1) is 12.6. The predicted molar refractivity (Wildman–Crippen MR) is 70.3 cm³/mol. The second kappa shape index (κ2) is 6.89. The van der Waals surface area contributed by atoms with E-state index < -0.39 is 0 Å². The molecule has 0 aliphatic heterocycles. The van der Waals surface area contributed by atoms with Crippen molar-refractivity contribution in [2.75, 3.05) is 11.5 Å². The van der Waals surface area contributed by atoms with Crippen LogP contribution in [0.1, 0.15) is 12.8 Å². The summed E-state index contributed by atoms with van der Waals surface area (Å²) < 4.78 is 0. The fraction of sp³-hybridized carbons (Fsp3) is 0.400. The second-order valence-corrected chi connectivity index (χ2v) is 5.28. The average Bonchev–Trinajstić information content (AvgIpc) is 2.18. The molecule has 0 nitrogen and oxygen atoms in total. The van der Waals surface area contributed by atoms with Crippen LogP contribution in [-0.2, 0) is 0 Å². The lowest BCUT2D eigenvalue weighted by atomic mass is 10.4. The normalized spacial score (nSPS) is 10.5. The molecule has 0 aliphatic carbocycles. The molecule has 0 unspecified atom stereocenters. The number of hydrogen-bond acceptors (Lipinski definition) is 2. The van der Waals surface area contributed by atoms with Crippen molar-refractivity contribution in [3.05, 3.63) is 28.2 Å². The number of rotatable bonds is 5. The van der Waals surface area contributed by atoms with E-state index in [1.54, 1.807) is 11.8 Å². The quantitative estimate of drug-likeness (QED) is 0.454. The van der Waals surface area contributed by atoms with Gasteiger partial charge in [0.25, 0.3) is 0 Å². The molecule has 0 N–H and O–H groups in total. The fourth-order valence-corrected chi connectivity index (χ4v) is 2.71. The summed E-state index contributed by atoms with van der Waals surface area (Å²) >= 11 is 17.8. The summed E-state index contributed by atoms with van der Waals surface area (Å²) in [5, 5.41) is 1.52. The second-order valence-electron chi connectivity index (χ2n) is 2.85. The van der Waals surface area contributed by atoms with Crippen LogP contribution in [0.4, 0.5) is 0 Å². The minimum absolute atomic E-state index is 0.742. The molecule has 0 aliphatic rings. The average molecular weight is 267 g/mol. The van der Waals surface area contributed by atoms with Gasteiger partial charge in [-0.15, -0.1) is 11.8 Å². The third-order valence-corrected chi connectivity index (χ3v) is 3.84. The monoisotopic (exact) mass is 266 g/mol. The highest BCUT2D eigenvalue weighted by atomic mass is 35.5. The van der Waals surface area contributed by atoms with Gasteiger partial charge in [-0.2, -0.15) is 12.6 Å². The van der Waals surface area contributed by atoms with Crippen molar-refractivity contribution in [1.82, 2.24) is 0 Å². The van der Waals surface area contributed by atoms with Crippen LogP contribution in [0.25, 0.3) is 0 Å². The topological polar surface area (TPSA) is 0 Å². The van der Waals surface area contributed by atoms with Crippen molar-refractivity contribution >= 4 is 47.6 Å².